The summed E-state index contributed by atoms with van der Waals surface area (Å²) in [6.45, 7) is 1.53. The molecule has 0 amide bonds. The molecule has 7 nitrogen and oxygen atoms in total. The number of carbonyl (C=O) groups is 1. The molecule has 28 heavy (non-hydrogen) atoms. The molecule has 144 valence electrons. The molecule has 2 aromatic carbocycles. The van der Waals surface area contributed by atoms with E-state index in [1.54, 1.807) is 48.5 Å². The molecule has 3 rings (SSSR count). The number of halogens is 1. The quantitative estimate of drug-likeness (QED) is 0.634. The fourth-order valence-corrected chi connectivity index (χ4v) is 2.91. The van der Waals surface area contributed by atoms with E-state index in [4.69, 9.17) is 16.3 Å². The molecule has 0 aliphatic carbocycles. The predicted octanol–water partition coefficient (Wildman–Crippen LogP) is 2.24. The minimum absolute atomic E-state index is 0.00254. The van der Waals surface area contributed by atoms with Crippen LogP contribution in [-0.4, -0.2) is 27.2 Å². The maximum Gasteiger partial charge on any atom is 0.352 e. The highest BCUT2D eigenvalue weighted by molar-refractivity contribution is 6.30. The molecular formula is C20H18ClN3O4. The zero-order valence-corrected chi connectivity index (χ0v) is 16.1. The number of Topliss-reactive ketones (excluding diaryl/α,β-unsaturated/α-hetero) is 1. The summed E-state index contributed by atoms with van der Waals surface area (Å²) in [6, 6.07) is 13.7. The molecule has 0 saturated heterocycles. The van der Waals surface area contributed by atoms with Crippen molar-refractivity contribution in [1.82, 2.24) is 14.3 Å². The van der Waals surface area contributed by atoms with Crippen LogP contribution in [0, 0.1) is 0 Å². The van der Waals surface area contributed by atoms with Crippen molar-refractivity contribution in [3.8, 4) is 11.6 Å². The van der Waals surface area contributed by atoms with E-state index in [-0.39, 0.29) is 24.6 Å². The van der Waals surface area contributed by atoms with E-state index in [9.17, 15) is 14.4 Å². The topological polar surface area (TPSA) is 83.2 Å². The second kappa shape index (κ2) is 8.22. The molecule has 0 radical (unpaired) electrons. The second-order valence-electron chi connectivity index (χ2n) is 6.27. The van der Waals surface area contributed by atoms with Gasteiger partial charge in [-0.15, -0.1) is 5.10 Å². The van der Waals surface area contributed by atoms with Gasteiger partial charge in [0.25, 0.3) is 5.88 Å². The summed E-state index contributed by atoms with van der Waals surface area (Å²) in [4.78, 5) is 37.0. The lowest BCUT2D eigenvalue weighted by atomic mass is 10.1. The first-order valence-electron chi connectivity index (χ1n) is 8.50. The van der Waals surface area contributed by atoms with Crippen molar-refractivity contribution in [3.05, 3.63) is 85.5 Å². The van der Waals surface area contributed by atoms with Gasteiger partial charge in [0.2, 0.25) is 0 Å². The summed E-state index contributed by atoms with van der Waals surface area (Å²) in [6.07, 6.45) is 0.240. The monoisotopic (exact) mass is 399 g/mol. The Morgan fingerprint density at radius 1 is 1.11 bits per heavy atom. The Balaban J connectivity index is 2.12. The van der Waals surface area contributed by atoms with Crippen LogP contribution in [0.3, 0.4) is 0 Å². The minimum Gasteiger partial charge on any atom is -0.476 e. The van der Waals surface area contributed by atoms with Crippen molar-refractivity contribution >= 4 is 17.4 Å². The zero-order valence-electron chi connectivity index (χ0n) is 15.4. The van der Waals surface area contributed by atoms with Crippen LogP contribution < -0.4 is 16.0 Å². The molecule has 0 saturated carbocycles. The van der Waals surface area contributed by atoms with Gasteiger partial charge in [0.1, 0.15) is 5.78 Å². The highest BCUT2D eigenvalue weighted by atomic mass is 35.5. The molecule has 0 atom stereocenters. The van der Waals surface area contributed by atoms with Gasteiger partial charge in [0.05, 0.1) is 19.3 Å². The van der Waals surface area contributed by atoms with Crippen LogP contribution in [0.15, 0.2) is 58.1 Å². The molecule has 8 heteroatoms. The van der Waals surface area contributed by atoms with E-state index >= 15 is 0 Å². The molecule has 1 aromatic heterocycles. The highest BCUT2D eigenvalue weighted by Crippen LogP contribution is 2.12. The van der Waals surface area contributed by atoms with E-state index in [2.05, 4.69) is 5.10 Å². The van der Waals surface area contributed by atoms with Gasteiger partial charge in [-0.2, -0.15) is 4.68 Å². The Hall–Kier alpha value is -3.19. The summed E-state index contributed by atoms with van der Waals surface area (Å²) >= 11 is 5.89. The second-order valence-corrected chi connectivity index (χ2v) is 6.71. The third kappa shape index (κ3) is 4.20. The fourth-order valence-electron chi connectivity index (χ4n) is 2.79. The predicted molar refractivity (Wildman–Crippen MR) is 106 cm³/mol. The summed E-state index contributed by atoms with van der Waals surface area (Å²) in [7, 11) is 1.32. The molecule has 0 N–H and O–H groups in total. The van der Waals surface area contributed by atoms with Crippen LogP contribution >= 0.6 is 11.6 Å². The lowest BCUT2D eigenvalue weighted by Crippen LogP contribution is -2.41. The Bertz CT molecular complexity index is 1130. The van der Waals surface area contributed by atoms with Gasteiger partial charge in [-0.05, 0) is 42.3 Å². The number of benzene rings is 2. The number of ketones is 1. The van der Waals surface area contributed by atoms with Crippen LogP contribution in [-0.2, 0) is 17.8 Å². The van der Waals surface area contributed by atoms with Crippen LogP contribution in [0.5, 0.6) is 5.88 Å². The van der Waals surface area contributed by atoms with Crippen molar-refractivity contribution in [2.24, 2.45) is 0 Å². The first-order chi connectivity index (χ1) is 13.4. The van der Waals surface area contributed by atoms with E-state index in [0.29, 0.717) is 10.7 Å². The number of ether oxygens (including phenoxy) is 1. The summed E-state index contributed by atoms with van der Waals surface area (Å²) in [5.41, 5.74) is 0.674. The van der Waals surface area contributed by atoms with Gasteiger partial charge in [0, 0.05) is 11.4 Å². The molecule has 1 heterocycles. The molecule has 0 spiro atoms. The SMILES string of the molecule is COc1nn(-c2cccc(CC(C)=O)c2)c(=O)n(Cc2ccc(Cl)cc2)c1=O. The summed E-state index contributed by atoms with van der Waals surface area (Å²) in [5, 5.41) is 4.60. The van der Waals surface area contributed by atoms with E-state index < -0.39 is 11.2 Å². The van der Waals surface area contributed by atoms with E-state index in [1.807, 2.05) is 0 Å². The molecular weight excluding hydrogens is 382 g/mol. The first-order valence-corrected chi connectivity index (χ1v) is 8.88. The van der Waals surface area contributed by atoms with E-state index in [0.717, 1.165) is 20.4 Å². The number of hydrogen-bond donors (Lipinski definition) is 0. The molecule has 0 bridgehead atoms. The van der Waals surface area contributed by atoms with Crippen LogP contribution in [0.25, 0.3) is 5.69 Å². The number of hydrogen-bond acceptors (Lipinski definition) is 5. The standard InChI is InChI=1S/C20H18ClN3O4/c1-13(25)10-15-4-3-5-17(11-15)24-20(27)23(19(26)18(22-24)28-2)12-14-6-8-16(21)9-7-14/h3-9,11H,10,12H2,1-2H3. The van der Waals surface area contributed by atoms with Crippen molar-refractivity contribution in [1.29, 1.82) is 0 Å². The van der Waals surface area contributed by atoms with Gasteiger partial charge >= 0.3 is 11.2 Å². The number of nitrogens with zero attached hydrogens (tertiary/aromatic N) is 3. The van der Waals surface area contributed by atoms with E-state index in [1.165, 1.54) is 14.0 Å². The molecule has 0 aliphatic heterocycles. The zero-order chi connectivity index (χ0) is 20.3. The average molecular weight is 400 g/mol. The smallest absolute Gasteiger partial charge is 0.352 e. The normalized spacial score (nSPS) is 10.7. The lowest BCUT2D eigenvalue weighted by molar-refractivity contribution is -0.116. The van der Waals surface area contributed by atoms with Crippen molar-refractivity contribution in [2.75, 3.05) is 7.11 Å². The molecule has 0 fully saturated rings. The van der Waals surface area contributed by atoms with Crippen molar-refractivity contribution in [2.45, 2.75) is 19.9 Å². The Morgan fingerprint density at radius 3 is 2.46 bits per heavy atom. The Labute approximate surface area is 165 Å². The van der Waals surface area contributed by atoms with Crippen LogP contribution in [0.2, 0.25) is 5.02 Å². The van der Waals surface area contributed by atoms with Gasteiger partial charge < -0.3 is 4.74 Å². The molecule has 3 aromatic rings. The molecule has 0 aliphatic rings. The third-order valence-corrected chi connectivity index (χ3v) is 4.34. The number of methoxy groups -OCH3 is 1. The average Bonchev–Trinajstić information content (AvgIpc) is 2.66. The minimum atomic E-state index is -0.626. The first kappa shape index (κ1) is 19.6. The van der Waals surface area contributed by atoms with Crippen LogP contribution in [0.1, 0.15) is 18.1 Å². The van der Waals surface area contributed by atoms with Gasteiger partial charge in [0.15, 0.2) is 0 Å². The largest absolute Gasteiger partial charge is 0.476 e. The lowest BCUT2D eigenvalue weighted by Gasteiger charge is -2.12. The van der Waals surface area contributed by atoms with Gasteiger partial charge in [-0.25, -0.2) is 9.36 Å². The fraction of sp³-hybridized carbons (Fsp3) is 0.200. The van der Waals surface area contributed by atoms with Crippen molar-refractivity contribution < 1.29 is 9.53 Å². The Kier molecular flexibility index (Phi) is 5.75. The van der Waals surface area contributed by atoms with Crippen molar-refractivity contribution in [3.63, 3.8) is 0 Å². The van der Waals surface area contributed by atoms with Gasteiger partial charge in [-0.1, -0.05) is 35.9 Å². The summed E-state index contributed by atoms with van der Waals surface area (Å²) < 4.78 is 7.22. The number of aromatic nitrogens is 3. The maximum absolute atomic E-state index is 13.0. The van der Waals surface area contributed by atoms with Crippen LogP contribution in [0.4, 0.5) is 0 Å². The summed E-state index contributed by atoms with van der Waals surface area (Å²) in [5.74, 6) is -0.201. The third-order valence-electron chi connectivity index (χ3n) is 4.09. The van der Waals surface area contributed by atoms with Gasteiger partial charge in [-0.3, -0.25) is 9.59 Å². The number of rotatable bonds is 6. The Morgan fingerprint density at radius 2 is 1.82 bits per heavy atom. The number of carbonyl (C=O) groups excluding carboxylic acids is 1. The maximum atomic E-state index is 13.0. The molecule has 0 unspecified atom stereocenters. The highest BCUT2D eigenvalue weighted by Gasteiger charge is 2.16.